The van der Waals surface area contributed by atoms with E-state index < -0.39 is 5.92 Å². The number of alkyl halides is 2. The highest BCUT2D eigenvalue weighted by Gasteiger charge is 2.23. The summed E-state index contributed by atoms with van der Waals surface area (Å²) in [6, 6.07) is 0. The monoisotopic (exact) mass is 119 g/mol. The van der Waals surface area contributed by atoms with Crippen LogP contribution < -0.4 is 0 Å². The lowest BCUT2D eigenvalue weighted by atomic mass is 10.2. The minimum atomic E-state index is -2.64. The van der Waals surface area contributed by atoms with Gasteiger partial charge >= 0.3 is 0 Å². The van der Waals surface area contributed by atoms with Gasteiger partial charge in [0, 0.05) is 12.8 Å². The average Bonchev–Trinajstić information content (AvgIpc) is 1.67. The summed E-state index contributed by atoms with van der Waals surface area (Å²) in [5.74, 6) is -2.64. The lowest BCUT2D eigenvalue weighted by molar-refractivity contribution is 0.00706. The van der Waals surface area contributed by atoms with Gasteiger partial charge < -0.3 is 0 Å². The zero-order valence-corrected chi connectivity index (χ0v) is 4.66. The quantitative estimate of drug-likeness (QED) is 0.500. The van der Waals surface area contributed by atoms with Gasteiger partial charge in [0.2, 0.25) is 0 Å². The SMILES string of the molecule is [CH2]CC(F)(F)CC=C. The van der Waals surface area contributed by atoms with E-state index in [2.05, 4.69) is 13.5 Å². The van der Waals surface area contributed by atoms with Crippen LogP contribution in [0.25, 0.3) is 0 Å². The van der Waals surface area contributed by atoms with Crippen LogP contribution in [-0.2, 0) is 0 Å². The number of halogens is 2. The summed E-state index contributed by atoms with van der Waals surface area (Å²) in [5, 5.41) is 0. The normalized spacial score (nSPS) is 11.4. The first-order chi connectivity index (χ1) is 3.62. The molecule has 0 rings (SSSR count). The summed E-state index contributed by atoms with van der Waals surface area (Å²) in [4.78, 5) is 0. The lowest BCUT2D eigenvalue weighted by Gasteiger charge is -2.08. The predicted octanol–water partition coefficient (Wildman–Crippen LogP) is 2.42. The van der Waals surface area contributed by atoms with E-state index in [1.165, 1.54) is 6.08 Å². The van der Waals surface area contributed by atoms with Gasteiger partial charge in [-0.25, -0.2) is 8.78 Å². The molecule has 0 spiro atoms. The van der Waals surface area contributed by atoms with Crippen LogP contribution in [-0.4, -0.2) is 5.92 Å². The van der Waals surface area contributed by atoms with Gasteiger partial charge in [-0.1, -0.05) is 6.08 Å². The summed E-state index contributed by atoms with van der Waals surface area (Å²) in [5.41, 5.74) is 0. The van der Waals surface area contributed by atoms with E-state index in [4.69, 9.17) is 0 Å². The van der Waals surface area contributed by atoms with E-state index >= 15 is 0 Å². The third kappa shape index (κ3) is 2.72. The minimum Gasteiger partial charge on any atom is -0.207 e. The highest BCUT2D eigenvalue weighted by Crippen LogP contribution is 2.21. The standard InChI is InChI=1S/C6H9F2/c1-3-5-6(7,8)4-2/h3H,1-2,4-5H2. The van der Waals surface area contributed by atoms with E-state index in [9.17, 15) is 8.78 Å². The Kier molecular flexibility index (Phi) is 2.66. The van der Waals surface area contributed by atoms with Crippen molar-refractivity contribution in [3.8, 4) is 0 Å². The summed E-state index contributed by atoms with van der Waals surface area (Å²) in [6.07, 6.45) is 0.584. The Morgan fingerprint density at radius 1 is 1.50 bits per heavy atom. The number of hydrogen-bond donors (Lipinski definition) is 0. The molecule has 0 bridgehead atoms. The third-order valence-corrected chi connectivity index (χ3v) is 0.809. The molecule has 0 N–H and O–H groups in total. The van der Waals surface area contributed by atoms with Gasteiger partial charge in [0.25, 0.3) is 5.92 Å². The number of hydrogen-bond acceptors (Lipinski definition) is 0. The van der Waals surface area contributed by atoms with Gasteiger partial charge in [-0.2, -0.15) is 0 Å². The first-order valence-corrected chi connectivity index (χ1v) is 2.40. The van der Waals surface area contributed by atoms with E-state index in [-0.39, 0.29) is 12.8 Å². The maximum atomic E-state index is 12.0. The molecule has 47 valence electrons. The Labute approximate surface area is 48.2 Å². The zero-order chi connectivity index (χ0) is 6.62. The zero-order valence-electron chi connectivity index (χ0n) is 4.66. The summed E-state index contributed by atoms with van der Waals surface area (Å²) in [7, 11) is 0. The molecule has 8 heavy (non-hydrogen) atoms. The van der Waals surface area contributed by atoms with E-state index in [1.54, 1.807) is 0 Å². The van der Waals surface area contributed by atoms with Gasteiger partial charge in [0.15, 0.2) is 0 Å². The molecule has 0 aliphatic carbocycles. The Balaban J connectivity index is 3.53. The van der Waals surface area contributed by atoms with Crippen LogP contribution in [0.4, 0.5) is 8.78 Å². The molecule has 0 aromatic rings. The van der Waals surface area contributed by atoms with Crippen molar-refractivity contribution in [1.29, 1.82) is 0 Å². The van der Waals surface area contributed by atoms with Crippen molar-refractivity contribution >= 4 is 0 Å². The Morgan fingerprint density at radius 2 is 2.00 bits per heavy atom. The molecule has 0 fully saturated rings. The molecule has 2 heteroatoms. The van der Waals surface area contributed by atoms with Crippen molar-refractivity contribution in [1.82, 2.24) is 0 Å². The Hall–Kier alpha value is -0.400. The van der Waals surface area contributed by atoms with Gasteiger partial charge in [-0.15, -0.1) is 6.58 Å². The average molecular weight is 119 g/mol. The van der Waals surface area contributed by atoms with E-state index in [0.717, 1.165) is 0 Å². The molecular formula is C6H9F2. The number of rotatable bonds is 3. The lowest BCUT2D eigenvalue weighted by Crippen LogP contribution is -2.11. The van der Waals surface area contributed by atoms with Crippen LogP contribution in [0, 0.1) is 6.92 Å². The predicted molar refractivity (Wildman–Crippen MR) is 29.7 cm³/mol. The number of allylic oxidation sites excluding steroid dienone is 1. The summed E-state index contributed by atoms with van der Waals surface area (Å²) in [6.45, 7) is 6.26. The molecule has 0 atom stereocenters. The van der Waals surface area contributed by atoms with E-state index in [1.807, 2.05) is 0 Å². The molecule has 0 nitrogen and oxygen atoms in total. The third-order valence-electron chi connectivity index (χ3n) is 0.809. The Bertz CT molecular complexity index is 76.6. The molecule has 0 saturated carbocycles. The smallest absolute Gasteiger partial charge is 0.207 e. The van der Waals surface area contributed by atoms with Gasteiger partial charge in [-0.3, -0.25) is 0 Å². The highest BCUT2D eigenvalue weighted by molar-refractivity contribution is 4.78. The van der Waals surface area contributed by atoms with Gasteiger partial charge in [0.05, 0.1) is 0 Å². The molecule has 1 radical (unpaired) electrons. The minimum absolute atomic E-state index is 0.267. The van der Waals surface area contributed by atoms with Crippen LogP contribution in [0.5, 0.6) is 0 Å². The first-order valence-electron chi connectivity index (χ1n) is 2.40. The fourth-order valence-corrected chi connectivity index (χ4v) is 0.313. The second kappa shape index (κ2) is 2.80. The van der Waals surface area contributed by atoms with Crippen molar-refractivity contribution < 1.29 is 8.78 Å². The molecule has 0 unspecified atom stereocenters. The van der Waals surface area contributed by atoms with Crippen molar-refractivity contribution in [3.05, 3.63) is 19.6 Å². The molecule has 0 aliphatic rings. The second-order valence-corrected chi connectivity index (χ2v) is 1.60. The maximum absolute atomic E-state index is 12.0. The van der Waals surface area contributed by atoms with Crippen molar-refractivity contribution in [2.75, 3.05) is 0 Å². The second-order valence-electron chi connectivity index (χ2n) is 1.60. The van der Waals surface area contributed by atoms with Crippen molar-refractivity contribution in [2.24, 2.45) is 0 Å². The molecular weight excluding hydrogens is 110 g/mol. The van der Waals surface area contributed by atoms with Crippen molar-refractivity contribution in [2.45, 2.75) is 18.8 Å². The molecule has 0 aliphatic heterocycles. The molecule has 0 heterocycles. The summed E-state index contributed by atoms with van der Waals surface area (Å²) < 4.78 is 24.0. The Morgan fingerprint density at radius 3 is 2.12 bits per heavy atom. The fourth-order valence-electron chi connectivity index (χ4n) is 0.313. The van der Waals surface area contributed by atoms with Crippen LogP contribution >= 0.6 is 0 Å². The van der Waals surface area contributed by atoms with Crippen LogP contribution in [0.15, 0.2) is 12.7 Å². The molecule has 0 aromatic carbocycles. The van der Waals surface area contributed by atoms with E-state index in [0.29, 0.717) is 0 Å². The van der Waals surface area contributed by atoms with Crippen molar-refractivity contribution in [3.63, 3.8) is 0 Å². The maximum Gasteiger partial charge on any atom is 0.251 e. The molecule has 0 saturated heterocycles. The van der Waals surface area contributed by atoms with Gasteiger partial charge in [-0.05, 0) is 6.92 Å². The highest BCUT2D eigenvalue weighted by atomic mass is 19.3. The molecule has 0 amide bonds. The van der Waals surface area contributed by atoms with Gasteiger partial charge in [0.1, 0.15) is 0 Å². The van der Waals surface area contributed by atoms with Crippen LogP contribution in [0.3, 0.4) is 0 Å². The van der Waals surface area contributed by atoms with Crippen LogP contribution in [0.2, 0.25) is 0 Å². The molecule has 0 aromatic heterocycles. The largest absolute Gasteiger partial charge is 0.251 e. The first kappa shape index (κ1) is 7.60. The summed E-state index contributed by atoms with van der Waals surface area (Å²) >= 11 is 0. The topological polar surface area (TPSA) is 0 Å². The van der Waals surface area contributed by atoms with Crippen LogP contribution in [0.1, 0.15) is 12.8 Å². The fraction of sp³-hybridized carbons (Fsp3) is 0.500.